The molecule has 1 aromatic carbocycles. The fraction of sp³-hybridized carbons (Fsp3) is 0.500. The van der Waals surface area contributed by atoms with Gasteiger partial charge < -0.3 is 10.4 Å². The van der Waals surface area contributed by atoms with Gasteiger partial charge in [-0.2, -0.15) is 0 Å². The zero-order valence-electron chi connectivity index (χ0n) is 11.8. The third-order valence-electron chi connectivity index (χ3n) is 4.29. The molecule has 2 N–H and O–H groups in total. The maximum absolute atomic E-state index is 12.1. The Labute approximate surface area is 119 Å². The second-order valence-electron chi connectivity index (χ2n) is 5.84. The number of hydrogen-bond acceptors (Lipinski definition) is 2. The van der Waals surface area contributed by atoms with E-state index in [1.54, 1.807) is 6.92 Å². The minimum absolute atomic E-state index is 0.0429. The normalized spacial score (nSPS) is 25.9. The van der Waals surface area contributed by atoms with Crippen LogP contribution in [-0.2, 0) is 16.1 Å². The van der Waals surface area contributed by atoms with Crippen LogP contribution in [0.2, 0.25) is 0 Å². The van der Waals surface area contributed by atoms with Gasteiger partial charge in [0.05, 0.1) is 5.41 Å². The third-order valence-corrected chi connectivity index (χ3v) is 4.29. The summed E-state index contributed by atoms with van der Waals surface area (Å²) in [6, 6.07) is 9.78. The summed E-state index contributed by atoms with van der Waals surface area (Å²) in [7, 11) is 0. The Morgan fingerprint density at radius 2 is 1.85 bits per heavy atom. The highest BCUT2D eigenvalue weighted by Gasteiger charge is 2.39. The van der Waals surface area contributed by atoms with Crippen molar-refractivity contribution in [2.75, 3.05) is 0 Å². The lowest BCUT2D eigenvalue weighted by Crippen LogP contribution is -2.38. The van der Waals surface area contributed by atoms with Gasteiger partial charge in [-0.3, -0.25) is 9.59 Å². The Morgan fingerprint density at radius 1 is 1.25 bits per heavy atom. The fourth-order valence-electron chi connectivity index (χ4n) is 2.66. The number of aliphatic carboxylic acids is 1. The number of benzene rings is 1. The van der Waals surface area contributed by atoms with Crippen LogP contribution in [0.1, 0.15) is 38.2 Å². The van der Waals surface area contributed by atoms with Crippen molar-refractivity contribution in [3.05, 3.63) is 35.9 Å². The summed E-state index contributed by atoms with van der Waals surface area (Å²) in [5.41, 5.74) is 0.419. The van der Waals surface area contributed by atoms with E-state index in [0.29, 0.717) is 32.2 Å². The Kier molecular flexibility index (Phi) is 4.42. The van der Waals surface area contributed by atoms with Crippen molar-refractivity contribution in [2.45, 2.75) is 39.2 Å². The van der Waals surface area contributed by atoms with E-state index in [0.717, 1.165) is 5.56 Å². The van der Waals surface area contributed by atoms with Gasteiger partial charge in [0.15, 0.2) is 0 Å². The van der Waals surface area contributed by atoms with Crippen LogP contribution in [0.4, 0.5) is 0 Å². The number of carboxylic acid groups (broad SMARTS) is 1. The van der Waals surface area contributed by atoms with E-state index >= 15 is 0 Å². The minimum atomic E-state index is -0.749. The molecule has 1 aromatic rings. The van der Waals surface area contributed by atoms with Crippen LogP contribution < -0.4 is 5.32 Å². The number of carbonyl (C=O) groups excluding carboxylic acids is 1. The van der Waals surface area contributed by atoms with Crippen molar-refractivity contribution in [3.8, 4) is 0 Å². The predicted molar refractivity (Wildman–Crippen MR) is 76.0 cm³/mol. The van der Waals surface area contributed by atoms with Crippen molar-refractivity contribution < 1.29 is 14.7 Å². The molecule has 0 spiro atoms. The molecule has 0 aliphatic heterocycles. The van der Waals surface area contributed by atoms with Crippen molar-refractivity contribution in [2.24, 2.45) is 11.3 Å². The molecule has 20 heavy (non-hydrogen) atoms. The van der Waals surface area contributed by atoms with Crippen molar-refractivity contribution in [3.63, 3.8) is 0 Å². The van der Waals surface area contributed by atoms with E-state index in [2.05, 4.69) is 5.32 Å². The second-order valence-corrected chi connectivity index (χ2v) is 5.84. The molecule has 4 nitrogen and oxygen atoms in total. The summed E-state index contributed by atoms with van der Waals surface area (Å²) in [6.45, 7) is 2.31. The summed E-state index contributed by atoms with van der Waals surface area (Å²) >= 11 is 0. The smallest absolute Gasteiger partial charge is 0.309 e. The maximum atomic E-state index is 12.1. The molecular weight excluding hydrogens is 254 g/mol. The summed E-state index contributed by atoms with van der Waals surface area (Å²) in [4.78, 5) is 23.3. The Morgan fingerprint density at radius 3 is 2.40 bits per heavy atom. The highest BCUT2D eigenvalue weighted by Crippen LogP contribution is 2.38. The van der Waals surface area contributed by atoms with Gasteiger partial charge in [0.1, 0.15) is 0 Å². The van der Waals surface area contributed by atoms with Gasteiger partial charge in [-0.1, -0.05) is 30.3 Å². The number of amides is 1. The van der Waals surface area contributed by atoms with Gasteiger partial charge >= 0.3 is 5.97 Å². The van der Waals surface area contributed by atoms with Gasteiger partial charge in [0.2, 0.25) is 5.91 Å². The predicted octanol–water partition coefficient (Wildman–Crippen LogP) is 2.58. The van der Waals surface area contributed by atoms with Crippen LogP contribution in [0.25, 0.3) is 0 Å². The first-order valence-electron chi connectivity index (χ1n) is 7.06. The SMILES string of the molecule is CC1(C(=O)O)CCC(C(=O)NCc2ccccc2)CC1. The molecule has 108 valence electrons. The number of rotatable bonds is 4. The van der Waals surface area contributed by atoms with Crippen LogP contribution in [0, 0.1) is 11.3 Å². The first-order chi connectivity index (χ1) is 9.51. The zero-order valence-corrected chi connectivity index (χ0v) is 11.8. The monoisotopic (exact) mass is 275 g/mol. The highest BCUT2D eigenvalue weighted by atomic mass is 16.4. The second kappa shape index (κ2) is 6.07. The van der Waals surface area contributed by atoms with Crippen LogP contribution in [0.5, 0.6) is 0 Å². The van der Waals surface area contributed by atoms with Crippen molar-refractivity contribution in [1.29, 1.82) is 0 Å². The standard InChI is InChI=1S/C16H21NO3/c1-16(15(19)20)9-7-13(8-10-16)14(18)17-11-12-5-3-2-4-6-12/h2-6,13H,7-11H2,1H3,(H,17,18)(H,19,20). The Bertz CT molecular complexity index is 476. The molecule has 1 aliphatic rings. The molecule has 0 atom stereocenters. The van der Waals surface area contributed by atoms with Gasteiger partial charge in [-0.25, -0.2) is 0 Å². The van der Waals surface area contributed by atoms with E-state index in [1.165, 1.54) is 0 Å². The lowest BCUT2D eigenvalue weighted by atomic mass is 9.71. The lowest BCUT2D eigenvalue weighted by molar-refractivity contribution is -0.151. The maximum Gasteiger partial charge on any atom is 0.309 e. The largest absolute Gasteiger partial charge is 0.481 e. The highest BCUT2D eigenvalue weighted by molar-refractivity contribution is 5.80. The zero-order chi connectivity index (χ0) is 14.6. The minimum Gasteiger partial charge on any atom is -0.481 e. The topological polar surface area (TPSA) is 66.4 Å². The van der Waals surface area contributed by atoms with Crippen LogP contribution >= 0.6 is 0 Å². The Hall–Kier alpha value is -1.84. The summed E-state index contributed by atoms with van der Waals surface area (Å²) in [5, 5.41) is 12.1. The molecular formula is C16H21NO3. The van der Waals surface area contributed by atoms with Gasteiger partial charge in [0.25, 0.3) is 0 Å². The van der Waals surface area contributed by atoms with Crippen molar-refractivity contribution in [1.82, 2.24) is 5.32 Å². The molecule has 0 aromatic heterocycles. The first-order valence-corrected chi connectivity index (χ1v) is 7.06. The molecule has 0 bridgehead atoms. The Balaban J connectivity index is 1.82. The number of carboxylic acids is 1. The third kappa shape index (κ3) is 3.38. The van der Waals surface area contributed by atoms with Gasteiger partial charge in [-0.15, -0.1) is 0 Å². The summed E-state index contributed by atoms with van der Waals surface area (Å²) in [5.74, 6) is -0.756. The number of carbonyl (C=O) groups is 2. The lowest BCUT2D eigenvalue weighted by Gasteiger charge is -2.33. The fourth-order valence-corrected chi connectivity index (χ4v) is 2.66. The molecule has 0 radical (unpaired) electrons. The van der Waals surface area contributed by atoms with Gasteiger partial charge in [0, 0.05) is 12.5 Å². The summed E-state index contributed by atoms with van der Waals surface area (Å²) < 4.78 is 0. The van der Waals surface area contributed by atoms with Crippen molar-refractivity contribution >= 4 is 11.9 Å². The van der Waals surface area contributed by atoms with Crippen LogP contribution in [0.3, 0.4) is 0 Å². The van der Waals surface area contributed by atoms with E-state index in [-0.39, 0.29) is 11.8 Å². The number of nitrogens with one attached hydrogen (secondary N) is 1. The quantitative estimate of drug-likeness (QED) is 0.887. The average molecular weight is 275 g/mol. The molecule has 0 unspecified atom stereocenters. The molecule has 1 aliphatic carbocycles. The first kappa shape index (κ1) is 14.6. The number of hydrogen-bond donors (Lipinski definition) is 2. The molecule has 4 heteroatoms. The molecule has 1 fully saturated rings. The van der Waals surface area contributed by atoms with E-state index in [9.17, 15) is 14.7 Å². The van der Waals surface area contributed by atoms with Crippen LogP contribution in [-0.4, -0.2) is 17.0 Å². The average Bonchev–Trinajstić information content (AvgIpc) is 2.46. The molecule has 0 saturated heterocycles. The molecule has 1 saturated carbocycles. The molecule has 2 rings (SSSR count). The molecule has 1 amide bonds. The van der Waals surface area contributed by atoms with Gasteiger partial charge in [-0.05, 0) is 38.2 Å². The molecule has 0 heterocycles. The van der Waals surface area contributed by atoms with E-state index in [1.807, 2.05) is 30.3 Å². The van der Waals surface area contributed by atoms with Crippen LogP contribution in [0.15, 0.2) is 30.3 Å². The van der Waals surface area contributed by atoms with E-state index < -0.39 is 11.4 Å². The van der Waals surface area contributed by atoms with E-state index in [4.69, 9.17) is 0 Å². The summed E-state index contributed by atoms with van der Waals surface area (Å²) in [6.07, 6.45) is 2.46.